The lowest BCUT2D eigenvalue weighted by Gasteiger charge is -2.20. The zero-order valence-electron chi connectivity index (χ0n) is 8.33. The predicted octanol–water partition coefficient (Wildman–Crippen LogP) is 2.73. The van der Waals surface area contributed by atoms with Gasteiger partial charge in [-0.25, -0.2) is 0 Å². The number of rotatable bonds is 2. The first-order valence-electron chi connectivity index (χ1n) is 4.43. The predicted molar refractivity (Wildman–Crippen MR) is 58.9 cm³/mol. The Morgan fingerprint density at radius 2 is 1.92 bits per heavy atom. The lowest BCUT2D eigenvalue weighted by molar-refractivity contribution is -0.155. The zero-order valence-corrected chi connectivity index (χ0v) is 9.96. The van der Waals surface area contributed by atoms with E-state index in [2.05, 4.69) is 0 Å². The Labute approximate surface area is 87.6 Å². The number of carbonyl (C=O) groups is 1. The third-order valence-corrected chi connectivity index (χ3v) is 4.26. The fraction of sp³-hybridized carbons (Fsp3) is 0.889. The first kappa shape index (κ1) is 11.2. The monoisotopic (exact) mass is 220 g/mol. The second-order valence-corrected chi connectivity index (χ2v) is 6.78. The van der Waals surface area contributed by atoms with E-state index in [9.17, 15) is 4.79 Å². The van der Waals surface area contributed by atoms with Gasteiger partial charge in [0.2, 0.25) is 0 Å². The molecule has 4 heteroatoms. The molecule has 0 amide bonds. The molecule has 0 atom stereocenters. The molecule has 2 nitrogen and oxygen atoms in total. The summed E-state index contributed by atoms with van der Waals surface area (Å²) in [4.78, 5) is 11.4. The molecule has 1 aliphatic heterocycles. The van der Waals surface area contributed by atoms with Crippen LogP contribution in [-0.4, -0.2) is 23.1 Å². The van der Waals surface area contributed by atoms with Gasteiger partial charge in [-0.2, -0.15) is 0 Å². The van der Waals surface area contributed by atoms with E-state index < -0.39 is 0 Å². The van der Waals surface area contributed by atoms with Gasteiger partial charge in [0.1, 0.15) is 5.60 Å². The highest BCUT2D eigenvalue weighted by molar-refractivity contribution is 8.77. The zero-order chi connectivity index (χ0) is 9.90. The van der Waals surface area contributed by atoms with Gasteiger partial charge in [-0.15, -0.1) is 0 Å². The second-order valence-electron chi connectivity index (χ2n) is 4.23. The summed E-state index contributed by atoms with van der Waals surface area (Å²) in [7, 11) is 3.70. The highest BCUT2D eigenvalue weighted by atomic mass is 33.1. The standard InChI is InChI=1S/C9H16O2S2/c1-9(2,3)11-8(10)4-7-5-12-13-6-7/h7H,4-6H2,1-3H3. The van der Waals surface area contributed by atoms with Gasteiger partial charge in [-0.1, -0.05) is 21.6 Å². The SMILES string of the molecule is CC(C)(C)OC(=O)CC1CSSC1. The third kappa shape index (κ3) is 4.81. The molecule has 0 aromatic rings. The summed E-state index contributed by atoms with van der Waals surface area (Å²) in [5, 5.41) is 0. The molecule has 0 aromatic heterocycles. The molecule has 1 rings (SSSR count). The van der Waals surface area contributed by atoms with Crippen molar-refractivity contribution in [2.45, 2.75) is 32.8 Å². The van der Waals surface area contributed by atoms with Crippen molar-refractivity contribution in [3.8, 4) is 0 Å². The summed E-state index contributed by atoms with van der Waals surface area (Å²) in [6, 6.07) is 0. The average Bonchev–Trinajstić information content (AvgIpc) is 2.34. The van der Waals surface area contributed by atoms with Crippen molar-refractivity contribution >= 4 is 27.6 Å². The fourth-order valence-corrected chi connectivity index (χ4v) is 4.00. The molecule has 0 spiro atoms. The summed E-state index contributed by atoms with van der Waals surface area (Å²) in [6.45, 7) is 5.72. The molecular weight excluding hydrogens is 204 g/mol. The minimum atomic E-state index is -0.337. The first-order chi connectivity index (χ1) is 5.97. The molecule has 0 radical (unpaired) electrons. The number of carbonyl (C=O) groups excluding carboxylic acids is 1. The molecule has 0 aromatic carbocycles. The van der Waals surface area contributed by atoms with Crippen molar-refractivity contribution in [1.29, 1.82) is 0 Å². The number of hydrogen-bond donors (Lipinski definition) is 0. The Hall–Kier alpha value is 0.170. The van der Waals surface area contributed by atoms with Gasteiger partial charge in [-0.05, 0) is 26.7 Å². The first-order valence-corrected chi connectivity index (χ1v) is 6.92. The number of hydrogen-bond acceptors (Lipinski definition) is 4. The van der Waals surface area contributed by atoms with Crippen molar-refractivity contribution in [2.24, 2.45) is 5.92 Å². The number of esters is 1. The highest BCUT2D eigenvalue weighted by Crippen LogP contribution is 2.36. The van der Waals surface area contributed by atoms with Gasteiger partial charge < -0.3 is 4.74 Å². The maximum atomic E-state index is 11.4. The van der Waals surface area contributed by atoms with E-state index in [0.717, 1.165) is 11.5 Å². The van der Waals surface area contributed by atoms with Gasteiger partial charge >= 0.3 is 5.97 Å². The van der Waals surface area contributed by atoms with Crippen LogP contribution in [0.5, 0.6) is 0 Å². The maximum absolute atomic E-state index is 11.4. The van der Waals surface area contributed by atoms with Crippen molar-refractivity contribution in [2.75, 3.05) is 11.5 Å². The minimum absolute atomic E-state index is 0.0550. The lowest BCUT2D eigenvalue weighted by Crippen LogP contribution is -2.25. The summed E-state index contributed by atoms with van der Waals surface area (Å²) in [5.74, 6) is 2.64. The van der Waals surface area contributed by atoms with E-state index in [1.807, 2.05) is 42.4 Å². The molecule has 0 aliphatic carbocycles. The van der Waals surface area contributed by atoms with E-state index in [-0.39, 0.29) is 11.6 Å². The Morgan fingerprint density at radius 1 is 1.38 bits per heavy atom. The summed E-state index contributed by atoms with van der Waals surface area (Å²) >= 11 is 0. The quantitative estimate of drug-likeness (QED) is 0.528. The molecular formula is C9H16O2S2. The van der Waals surface area contributed by atoms with Crippen LogP contribution in [0.2, 0.25) is 0 Å². The van der Waals surface area contributed by atoms with Crippen molar-refractivity contribution in [1.82, 2.24) is 0 Å². The van der Waals surface area contributed by atoms with Crippen LogP contribution in [0, 0.1) is 5.92 Å². The van der Waals surface area contributed by atoms with Gasteiger partial charge in [0.05, 0.1) is 0 Å². The van der Waals surface area contributed by atoms with Crippen LogP contribution >= 0.6 is 21.6 Å². The van der Waals surface area contributed by atoms with E-state index in [1.165, 1.54) is 0 Å². The smallest absolute Gasteiger partial charge is 0.306 e. The Balaban J connectivity index is 2.24. The highest BCUT2D eigenvalue weighted by Gasteiger charge is 2.23. The van der Waals surface area contributed by atoms with E-state index in [0.29, 0.717) is 12.3 Å². The van der Waals surface area contributed by atoms with Crippen molar-refractivity contribution in [3.05, 3.63) is 0 Å². The summed E-state index contributed by atoms with van der Waals surface area (Å²) in [5.41, 5.74) is -0.337. The Morgan fingerprint density at radius 3 is 2.38 bits per heavy atom. The molecule has 0 N–H and O–H groups in total. The van der Waals surface area contributed by atoms with Crippen LogP contribution in [0.25, 0.3) is 0 Å². The van der Waals surface area contributed by atoms with E-state index in [4.69, 9.17) is 4.74 Å². The van der Waals surface area contributed by atoms with Crippen LogP contribution in [0.1, 0.15) is 27.2 Å². The molecule has 13 heavy (non-hydrogen) atoms. The van der Waals surface area contributed by atoms with Crippen molar-refractivity contribution in [3.63, 3.8) is 0 Å². The molecule has 0 saturated carbocycles. The largest absolute Gasteiger partial charge is 0.460 e. The molecule has 1 saturated heterocycles. The Bertz CT molecular complexity index is 181. The van der Waals surface area contributed by atoms with Gasteiger partial charge in [0, 0.05) is 17.9 Å². The van der Waals surface area contributed by atoms with E-state index >= 15 is 0 Å². The minimum Gasteiger partial charge on any atom is -0.460 e. The average molecular weight is 220 g/mol. The Kier molecular flexibility index (Phi) is 3.98. The fourth-order valence-electron chi connectivity index (χ4n) is 1.07. The molecule has 0 unspecified atom stereocenters. The summed E-state index contributed by atoms with van der Waals surface area (Å²) < 4.78 is 5.24. The van der Waals surface area contributed by atoms with Crippen molar-refractivity contribution < 1.29 is 9.53 Å². The van der Waals surface area contributed by atoms with Crippen LogP contribution < -0.4 is 0 Å². The van der Waals surface area contributed by atoms with Crippen LogP contribution in [0.3, 0.4) is 0 Å². The molecule has 76 valence electrons. The van der Waals surface area contributed by atoms with Gasteiger partial charge in [0.15, 0.2) is 0 Å². The van der Waals surface area contributed by atoms with Crippen LogP contribution in [0.15, 0.2) is 0 Å². The topological polar surface area (TPSA) is 26.3 Å². The van der Waals surface area contributed by atoms with Gasteiger partial charge in [-0.3, -0.25) is 4.79 Å². The molecule has 1 heterocycles. The lowest BCUT2D eigenvalue weighted by atomic mass is 10.1. The maximum Gasteiger partial charge on any atom is 0.306 e. The normalized spacial score (nSPS) is 19.0. The molecule has 0 bridgehead atoms. The van der Waals surface area contributed by atoms with E-state index in [1.54, 1.807) is 0 Å². The second kappa shape index (κ2) is 4.60. The van der Waals surface area contributed by atoms with Crippen LogP contribution in [-0.2, 0) is 9.53 Å². The molecule has 1 fully saturated rings. The van der Waals surface area contributed by atoms with Crippen LogP contribution in [0.4, 0.5) is 0 Å². The third-order valence-electron chi connectivity index (χ3n) is 1.57. The van der Waals surface area contributed by atoms with Gasteiger partial charge in [0.25, 0.3) is 0 Å². The molecule has 1 aliphatic rings. The summed E-state index contributed by atoms with van der Waals surface area (Å²) in [6.07, 6.45) is 0.581. The number of ether oxygens (including phenoxy) is 1.